The van der Waals surface area contributed by atoms with Crippen LogP contribution in [0.1, 0.15) is 265 Å². The van der Waals surface area contributed by atoms with Gasteiger partial charge in [-0.25, -0.2) is 0 Å². The third-order valence-corrected chi connectivity index (χ3v) is 14.1. The van der Waals surface area contributed by atoms with E-state index in [1.165, 1.54) is 135 Å². The van der Waals surface area contributed by atoms with Gasteiger partial charge >= 0.3 is 5.97 Å². The minimum atomic E-state index is -4.71. The summed E-state index contributed by atoms with van der Waals surface area (Å²) in [6, 6.07) is -0.906. The SMILES string of the molecule is CC/C=C\C/C=C\C/C=C\C/C=C\C/C=C\CCCCCC(=O)NC(COP(=O)([O-])OCC[N+](C)(C)C)C(/C=C/CCCCCCCCCCC)OC(=O)CCCCCCCCCCCCCCCCCCC. The van der Waals surface area contributed by atoms with Crippen LogP contribution in [-0.2, 0) is 27.9 Å². The molecule has 1 N–H and O–H groups in total. The maximum atomic E-state index is 13.5. The second-order valence-corrected chi connectivity index (χ2v) is 22.9. The predicted octanol–water partition coefficient (Wildman–Crippen LogP) is 17.8. The van der Waals surface area contributed by atoms with Crippen molar-refractivity contribution in [1.29, 1.82) is 0 Å². The number of nitrogens with zero attached hydrogens (tertiary/aromatic N) is 1. The molecule has 0 saturated carbocycles. The number of hydrogen-bond donors (Lipinski definition) is 1. The highest BCUT2D eigenvalue weighted by Gasteiger charge is 2.27. The zero-order valence-corrected chi connectivity index (χ0v) is 49.2. The Kier molecular flexibility index (Phi) is 51.0. The van der Waals surface area contributed by atoms with Crippen molar-refractivity contribution in [2.75, 3.05) is 40.9 Å². The molecule has 0 aromatic carbocycles. The number of esters is 1. The highest BCUT2D eigenvalue weighted by molar-refractivity contribution is 7.45. The number of nitrogens with one attached hydrogen (secondary N) is 1. The first kappa shape index (κ1) is 70.5. The van der Waals surface area contributed by atoms with Gasteiger partial charge < -0.3 is 28.5 Å². The summed E-state index contributed by atoms with van der Waals surface area (Å²) in [5.74, 6) is -0.575. The molecule has 3 atom stereocenters. The van der Waals surface area contributed by atoms with E-state index < -0.39 is 26.6 Å². The van der Waals surface area contributed by atoms with Crippen LogP contribution in [0.2, 0.25) is 0 Å². The van der Waals surface area contributed by atoms with Gasteiger partial charge in [0.05, 0.1) is 33.8 Å². The molecule has 0 aliphatic carbocycles. The van der Waals surface area contributed by atoms with Gasteiger partial charge in [-0.2, -0.15) is 0 Å². The van der Waals surface area contributed by atoms with Crippen molar-refractivity contribution >= 4 is 19.7 Å². The molecule has 1 amide bonds. The van der Waals surface area contributed by atoms with Gasteiger partial charge in [0.15, 0.2) is 0 Å². The zero-order valence-electron chi connectivity index (χ0n) is 48.3. The number of unbranched alkanes of at least 4 members (excludes halogenated alkanes) is 28. The van der Waals surface area contributed by atoms with Crippen LogP contribution in [0.4, 0.5) is 0 Å². The summed E-state index contributed by atoms with van der Waals surface area (Å²) in [7, 11) is 1.16. The Morgan fingerprint density at radius 1 is 0.493 bits per heavy atom. The Morgan fingerprint density at radius 3 is 1.33 bits per heavy atom. The van der Waals surface area contributed by atoms with E-state index >= 15 is 0 Å². The molecular weight excluding hydrogens is 928 g/mol. The van der Waals surface area contributed by atoms with E-state index in [0.29, 0.717) is 17.4 Å². The second-order valence-electron chi connectivity index (χ2n) is 21.5. The number of rotatable bonds is 54. The van der Waals surface area contributed by atoms with Crippen molar-refractivity contribution in [3.8, 4) is 0 Å². The molecular formula is C63H115N2O7P. The highest BCUT2D eigenvalue weighted by Crippen LogP contribution is 2.38. The Hall–Kier alpha value is -2.55. The number of ether oxygens (including phenoxy) is 1. The number of allylic oxidation sites excluding steroid dienone is 11. The first-order valence-corrected chi connectivity index (χ1v) is 31.7. The number of phosphoric acid groups is 1. The summed E-state index contributed by atoms with van der Waals surface area (Å²) in [4.78, 5) is 39.9. The fourth-order valence-electron chi connectivity index (χ4n) is 8.49. The lowest BCUT2D eigenvalue weighted by atomic mass is 10.0. The maximum Gasteiger partial charge on any atom is 0.306 e. The Morgan fingerprint density at radius 2 is 0.877 bits per heavy atom. The molecule has 73 heavy (non-hydrogen) atoms. The molecule has 0 aromatic rings. The van der Waals surface area contributed by atoms with Crippen LogP contribution in [0.5, 0.6) is 0 Å². The molecule has 0 radical (unpaired) electrons. The number of amides is 1. The van der Waals surface area contributed by atoms with E-state index in [1.807, 2.05) is 33.3 Å². The Labute approximate surface area is 451 Å². The van der Waals surface area contributed by atoms with Crippen LogP contribution in [0.3, 0.4) is 0 Å². The summed E-state index contributed by atoms with van der Waals surface area (Å²) < 4.78 is 30.2. The number of phosphoric ester groups is 1. The maximum absolute atomic E-state index is 13.5. The first-order valence-electron chi connectivity index (χ1n) is 30.2. The van der Waals surface area contributed by atoms with Crippen LogP contribution in [0.25, 0.3) is 0 Å². The van der Waals surface area contributed by atoms with Gasteiger partial charge in [0.1, 0.15) is 19.3 Å². The van der Waals surface area contributed by atoms with Crippen molar-refractivity contribution in [2.45, 2.75) is 277 Å². The lowest BCUT2D eigenvalue weighted by molar-refractivity contribution is -0.870. The van der Waals surface area contributed by atoms with Gasteiger partial charge in [-0.3, -0.25) is 14.2 Å². The van der Waals surface area contributed by atoms with Crippen molar-refractivity contribution < 1.29 is 37.3 Å². The van der Waals surface area contributed by atoms with Crippen LogP contribution in [-0.4, -0.2) is 69.4 Å². The number of carbonyl (C=O) groups excluding carboxylic acids is 2. The lowest BCUT2D eigenvalue weighted by Crippen LogP contribution is -2.47. The van der Waals surface area contributed by atoms with Crippen LogP contribution >= 0.6 is 7.82 Å². The second kappa shape index (κ2) is 52.9. The molecule has 0 saturated heterocycles. The van der Waals surface area contributed by atoms with Crippen LogP contribution in [0.15, 0.2) is 72.9 Å². The van der Waals surface area contributed by atoms with Gasteiger partial charge in [-0.05, 0) is 76.7 Å². The summed E-state index contributed by atoms with van der Waals surface area (Å²) in [6.45, 7) is 6.71. The van der Waals surface area contributed by atoms with Crippen molar-refractivity contribution in [2.24, 2.45) is 0 Å². The molecule has 9 nitrogen and oxygen atoms in total. The minimum absolute atomic E-state index is 0.0304. The van der Waals surface area contributed by atoms with Gasteiger partial charge in [-0.1, -0.05) is 248 Å². The molecule has 0 spiro atoms. The van der Waals surface area contributed by atoms with E-state index in [1.54, 1.807) is 0 Å². The average molecular weight is 1040 g/mol. The van der Waals surface area contributed by atoms with Gasteiger partial charge in [0.25, 0.3) is 7.82 Å². The summed E-state index contributed by atoms with van der Waals surface area (Å²) in [6.07, 6.45) is 67.3. The summed E-state index contributed by atoms with van der Waals surface area (Å²) in [5.41, 5.74) is 0. The molecule has 0 fully saturated rings. The van der Waals surface area contributed by atoms with Gasteiger partial charge in [0.2, 0.25) is 5.91 Å². The van der Waals surface area contributed by atoms with Crippen LogP contribution < -0.4 is 10.2 Å². The average Bonchev–Trinajstić information content (AvgIpc) is 3.35. The Balaban J connectivity index is 5.30. The fourth-order valence-corrected chi connectivity index (χ4v) is 9.21. The zero-order chi connectivity index (χ0) is 53.6. The lowest BCUT2D eigenvalue weighted by Gasteiger charge is -2.30. The molecule has 3 unspecified atom stereocenters. The fraction of sp³-hybridized carbons (Fsp3) is 0.778. The van der Waals surface area contributed by atoms with E-state index in [0.717, 1.165) is 89.9 Å². The van der Waals surface area contributed by atoms with E-state index in [-0.39, 0.29) is 31.3 Å². The quantitative estimate of drug-likeness (QED) is 0.0212. The predicted molar refractivity (Wildman–Crippen MR) is 312 cm³/mol. The molecule has 10 heteroatoms. The first-order chi connectivity index (χ1) is 35.4. The molecule has 424 valence electrons. The summed E-state index contributed by atoms with van der Waals surface area (Å²) in [5, 5.41) is 3.01. The van der Waals surface area contributed by atoms with E-state index in [9.17, 15) is 19.0 Å². The monoisotopic (exact) mass is 1040 g/mol. The van der Waals surface area contributed by atoms with E-state index in [2.05, 4.69) is 86.8 Å². The summed E-state index contributed by atoms with van der Waals surface area (Å²) >= 11 is 0. The molecule has 0 heterocycles. The minimum Gasteiger partial charge on any atom is -0.756 e. The number of hydrogen-bond acceptors (Lipinski definition) is 7. The number of quaternary nitrogens is 1. The third-order valence-electron chi connectivity index (χ3n) is 13.2. The normalized spacial score (nSPS) is 14.2. The molecule has 0 aromatic heterocycles. The van der Waals surface area contributed by atoms with Gasteiger partial charge in [-0.15, -0.1) is 0 Å². The topological polar surface area (TPSA) is 114 Å². The number of likely N-dealkylation sites (N-methyl/N-ethyl adjacent to an activating group) is 1. The van der Waals surface area contributed by atoms with Crippen LogP contribution in [0, 0.1) is 0 Å². The van der Waals surface area contributed by atoms with Crippen molar-refractivity contribution in [3.63, 3.8) is 0 Å². The largest absolute Gasteiger partial charge is 0.756 e. The van der Waals surface area contributed by atoms with Crippen molar-refractivity contribution in [1.82, 2.24) is 5.32 Å². The molecule has 0 aliphatic rings. The number of carbonyl (C=O) groups is 2. The Bertz CT molecular complexity index is 1480. The molecule has 0 bridgehead atoms. The third kappa shape index (κ3) is 54.1. The highest BCUT2D eigenvalue weighted by atomic mass is 31.2. The molecule has 0 rings (SSSR count). The smallest absolute Gasteiger partial charge is 0.306 e. The standard InChI is InChI=1S/C63H115N2O7P/c1-7-10-13-16-19-22-25-27-29-31-32-34-35-37-40-43-46-49-52-55-62(66)64-60(59-71-73(68,69)70-58-57-65(4,5)6)61(54-51-48-45-42-39-24-21-18-15-12-9-3)72-63(67)56-53-50-47-44-41-38-36-33-30-28-26-23-20-17-14-11-8-2/h10,13,19,22,27,29,32,34,37,40,51,54,60-61H,7-9,11-12,14-18,20-21,23-26,28,30-31,33,35-36,38-39,41-50,52-53,55-59H2,1-6H3,(H-,64,66,68,69)/b13-10-,22-19-,29-27-,34-32-,40-37-,54-51+. The molecule has 0 aliphatic heterocycles. The van der Waals surface area contributed by atoms with Gasteiger partial charge in [0, 0.05) is 12.8 Å². The van der Waals surface area contributed by atoms with E-state index in [4.69, 9.17) is 13.8 Å². The van der Waals surface area contributed by atoms with Crippen molar-refractivity contribution in [3.05, 3.63) is 72.9 Å².